The fraction of sp³-hybridized carbons (Fsp3) is 0.478. The van der Waals surface area contributed by atoms with Gasteiger partial charge in [0.05, 0.1) is 30.7 Å². The molecule has 5 N–H and O–H groups in total. The molecule has 0 aliphatic carbocycles. The van der Waals surface area contributed by atoms with Crippen molar-refractivity contribution < 1.29 is 30.3 Å². The van der Waals surface area contributed by atoms with E-state index in [1.165, 1.54) is 11.8 Å². The Labute approximate surface area is 180 Å². The summed E-state index contributed by atoms with van der Waals surface area (Å²) in [6.07, 6.45) is -3.80. The van der Waals surface area contributed by atoms with Gasteiger partial charge in [-0.25, -0.2) is 0 Å². The Kier molecular flexibility index (Phi) is 5.98. The number of thioether (sulfide) groups is 1. The maximum absolute atomic E-state index is 10.8. The second kappa shape index (κ2) is 8.24. The van der Waals surface area contributed by atoms with Crippen LogP contribution >= 0.6 is 11.8 Å². The predicted octanol–water partition coefficient (Wildman–Crippen LogP) is 1.51. The number of hydrogen-bond acceptors (Lipinski definition) is 7. The zero-order chi connectivity index (χ0) is 21.6. The summed E-state index contributed by atoms with van der Waals surface area (Å²) in [7, 11) is 0. The fourth-order valence-corrected chi connectivity index (χ4v) is 5.87. The minimum atomic E-state index is -1.41. The van der Waals surface area contributed by atoms with Gasteiger partial charge in [0, 0.05) is 5.56 Å². The van der Waals surface area contributed by atoms with E-state index >= 15 is 0 Å². The number of aliphatic hydroxyl groups excluding tert-OH is 5. The van der Waals surface area contributed by atoms with E-state index in [-0.39, 0.29) is 6.61 Å². The Morgan fingerprint density at radius 3 is 2.47 bits per heavy atom. The van der Waals surface area contributed by atoms with E-state index < -0.39 is 34.6 Å². The van der Waals surface area contributed by atoms with E-state index in [0.717, 1.165) is 33.4 Å². The maximum atomic E-state index is 10.8. The predicted molar refractivity (Wildman–Crippen MR) is 114 cm³/mol. The fourth-order valence-electron chi connectivity index (χ4n) is 4.33. The van der Waals surface area contributed by atoms with Crippen molar-refractivity contribution in [3.05, 3.63) is 69.8 Å². The highest BCUT2D eigenvalue weighted by atomic mass is 32.2. The second-order valence-corrected chi connectivity index (χ2v) is 9.70. The van der Waals surface area contributed by atoms with Crippen LogP contribution in [0.5, 0.6) is 0 Å². The first-order valence-corrected chi connectivity index (χ1v) is 11.0. The molecule has 0 radical (unpaired) electrons. The lowest BCUT2D eigenvalue weighted by atomic mass is 9.89. The number of aryl methyl sites for hydroxylation is 1. The lowest BCUT2D eigenvalue weighted by Crippen LogP contribution is -2.58. The number of ether oxygens (including phenoxy) is 1. The summed E-state index contributed by atoms with van der Waals surface area (Å²) in [5.41, 5.74) is 5.84. The number of hydrogen-bond donors (Lipinski definition) is 5. The van der Waals surface area contributed by atoms with Gasteiger partial charge < -0.3 is 30.3 Å². The van der Waals surface area contributed by atoms with Crippen LogP contribution < -0.4 is 0 Å². The summed E-state index contributed by atoms with van der Waals surface area (Å²) in [6, 6.07) is 11.9. The van der Waals surface area contributed by atoms with E-state index in [2.05, 4.69) is 0 Å². The first-order chi connectivity index (χ1) is 14.3. The van der Waals surface area contributed by atoms with Gasteiger partial charge in [-0.1, -0.05) is 36.4 Å². The monoisotopic (exact) mass is 432 g/mol. The summed E-state index contributed by atoms with van der Waals surface area (Å²) < 4.78 is 6.02. The molecular weight excluding hydrogens is 404 g/mol. The molecule has 6 nitrogen and oxygen atoms in total. The normalized spacial score (nSPS) is 31.7. The number of benzene rings is 2. The zero-order valence-corrected chi connectivity index (χ0v) is 17.8. The van der Waals surface area contributed by atoms with Gasteiger partial charge in [-0.05, 0) is 48.1 Å². The third-order valence-corrected chi connectivity index (χ3v) is 7.85. The molecule has 2 aromatic carbocycles. The van der Waals surface area contributed by atoms with E-state index in [9.17, 15) is 25.5 Å². The van der Waals surface area contributed by atoms with E-state index in [1.807, 2.05) is 43.3 Å². The Balaban J connectivity index is 1.69. The topological polar surface area (TPSA) is 110 Å². The van der Waals surface area contributed by atoms with Crippen LogP contribution in [0.3, 0.4) is 0 Å². The van der Waals surface area contributed by atoms with Crippen LogP contribution in [0.15, 0.2) is 36.4 Å². The third kappa shape index (κ3) is 3.58. The summed E-state index contributed by atoms with van der Waals surface area (Å²) in [4.78, 5) is -1.22. The molecule has 0 saturated carbocycles. The van der Waals surface area contributed by atoms with Crippen molar-refractivity contribution in [2.24, 2.45) is 0 Å². The van der Waals surface area contributed by atoms with Gasteiger partial charge in [-0.15, -0.1) is 11.8 Å². The molecule has 2 aliphatic rings. The second-order valence-electron chi connectivity index (χ2n) is 8.25. The molecule has 2 aliphatic heterocycles. The Hall–Kier alpha value is -1.45. The molecule has 162 valence electrons. The van der Waals surface area contributed by atoms with E-state index in [1.54, 1.807) is 6.92 Å². The molecule has 6 atom stereocenters. The molecule has 7 heteroatoms. The van der Waals surface area contributed by atoms with Crippen LogP contribution in [0.4, 0.5) is 0 Å². The van der Waals surface area contributed by atoms with Gasteiger partial charge in [0.15, 0.2) is 4.93 Å². The van der Waals surface area contributed by atoms with Crippen LogP contribution in [0.1, 0.15) is 46.4 Å². The summed E-state index contributed by atoms with van der Waals surface area (Å²) in [6.45, 7) is 3.73. The Morgan fingerprint density at radius 2 is 1.83 bits per heavy atom. The van der Waals surface area contributed by atoms with Crippen LogP contribution in [-0.2, 0) is 22.7 Å². The first kappa shape index (κ1) is 21.8. The van der Waals surface area contributed by atoms with Crippen LogP contribution in [-0.4, -0.2) is 55.7 Å². The van der Waals surface area contributed by atoms with Crippen LogP contribution in [0.25, 0.3) is 0 Å². The number of fused-ring (bicyclic) bond motifs is 2. The molecule has 0 bridgehead atoms. The molecule has 1 fully saturated rings. The average Bonchev–Trinajstić information content (AvgIpc) is 3.08. The van der Waals surface area contributed by atoms with Crippen LogP contribution in [0, 0.1) is 6.92 Å². The van der Waals surface area contributed by atoms with Crippen molar-refractivity contribution in [1.29, 1.82) is 0 Å². The van der Waals surface area contributed by atoms with Crippen molar-refractivity contribution in [3.8, 4) is 0 Å². The highest BCUT2D eigenvalue weighted by molar-refractivity contribution is 8.00. The molecule has 30 heavy (non-hydrogen) atoms. The molecule has 4 rings (SSSR count). The molecule has 1 saturated heterocycles. The van der Waals surface area contributed by atoms with Crippen molar-refractivity contribution >= 4 is 11.8 Å². The lowest BCUT2D eigenvalue weighted by Gasteiger charge is -2.45. The maximum Gasteiger partial charge on any atom is 0.168 e. The zero-order valence-electron chi connectivity index (χ0n) is 17.0. The summed E-state index contributed by atoms with van der Waals surface area (Å²) >= 11 is 1.17. The van der Waals surface area contributed by atoms with Gasteiger partial charge in [-0.3, -0.25) is 0 Å². The molecule has 1 unspecified atom stereocenters. The average molecular weight is 433 g/mol. The minimum absolute atomic E-state index is 0.296. The molecular formula is C23H28O6S. The molecule has 0 aromatic heterocycles. The first-order valence-electron chi connectivity index (χ1n) is 10.1. The SMILES string of the molecule is Cc1cc2c(cc1Cc1ccc(C(C)O)cc1)[C@]1(OC2)S[C@H](CO)[C@@H](O)[C@H](O)[C@H]1O. The van der Waals surface area contributed by atoms with Crippen molar-refractivity contribution in [1.82, 2.24) is 0 Å². The van der Waals surface area contributed by atoms with Gasteiger partial charge in [0.25, 0.3) is 0 Å². The highest BCUT2D eigenvalue weighted by Gasteiger charge is 2.57. The summed E-state index contributed by atoms with van der Waals surface area (Å²) in [5.74, 6) is 0. The van der Waals surface area contributed by atoms with E-state index in [4.69, 9.17) is 4.74 Å². The van der Waals surface area contributed by atoms with Crippen molar-refractivity contribution in [2.75, 3.05) is 6.61 Å². The van der Waals surface area contributed by atoms with E-state index in [0.29, 0.717) is 13.0 Å². The molecule has 1 spiro atoms. The van der Waals surface area contributed by atoms with Crippen molar-refractivity contribution in [3.63, 3.8) is 0 Å². The number of rotatable bonds is 4. The largest absolute Gasteiger partial charge is 0.395 e. The standard InChI is InChI=1S/C23H28O6S/c1-12-7-17-11-29-23(22(28)21(27)20(26)19(10-24)30-23)18(17)9-16(12)8-14-3-5-15(6-4-14)13(2)25/h3-7,9,13,19-22,24-28H,8,10-11H2,1-2H3/t13?,19-,20-,21+,22-,23+/m1/s1. The van der Waals surface area contributed by atoms with Crippen molar-refractivity contribution in [2.45, 2.75) is 61.5 Å². The summed E-state index contributed by atoms with van der Waals surface area (Å²) in [5, 5.41) is 50.1. The smallest absolute Gasteiger partial charge is 0.168 e. The Bertz CT molecular complexity index is 913. The minimum Gasteiger partial charge on any atom is -0.395 e. The van der Waals surface area contributed by atoms with Gasteiger partial charge in [0.2, 0.25) is 0 Å². The molecule has 2 aromatic rings. The van der Waals surface area contributed by atoms with Crippen LogP contribution in [0.2, 0.25) is 0 Å². The number of aliphatic hydroxyl groups is 5. The molecule has 0 amide bonds. The van der Waals surface area contributed by atoms with Gasteiger partial charge >= 0.3 is 0 Å². The highest BCUT2D eigenvalue weighted by Crippen LogP contribution is 2.54. The van der Waals surface area contributed by atoms with Gasteiger partial charge in [0.1, 0.15) is 12.2 Å². The Morgan fingerprint density at radius 1 is 1.13 bits per heavy atom. The third-order valence-electron chi connectivity index (χ3n) is 6.19. The van der Waals surface area contributed by atoms with Gasteiger partial charge in [-0.2, -0.15) is 0 Å². The lowest BCUT2D eigenvalue weighted by molar-refractivity contribution is -0.147. The quantitative estimate of drug-likeness (QED) is 0.498. The molecule has 2 heterocycles.